The molecule has 1 aromatic rings. The average molecular weight is 234 g/mol. The van der Waals surface area contributed by atoms with E-state index in [0.717, 1.165) is 5.69 Å². The molecule has 2 N–H and O–H groups in total. The van der Waals surface area contributed by atoms with Crippen LogP contribution in [0.2, 0.25) is 0 Å². The Bertz CT molecular complexity index is 408. The Morgan fingerprint density at radius 2 is 1.88 bits per heavy atom. The molecule has 17 heavy (non-hydrogen) atoms. The van der Waals surface area contributed by atoms with Crippen LogP contribution >= 0.6 is 0 Å². The predicted molar refractivity (Wildman–Crippen MR) is 66.7 cm³/mol. The highest BCUT2D eigenvalue weighted by Gasteiger charge is 2.25. The molecule has 0 radical (unpaired) electrons. The van der Waals surface area contributed by atoms with Crippen LogP contribution < -0.4 is 4.90 Å². The quantitative estimate of drug-likeness (QED) is 0.797. The van der Waals surface area contributed by atoms with E-state index >= 15 is 0 Å². The zero-order valence-electron chi connectivity index (χ0n) is 10.2. The number of anilines is 1. The highest BCUT2D eigenvalue weighted by atomic mass is 16.3. The van der Waals surface area contributed by atoms with Gasteiger partial charge in [0, 0.05) is 19.0 Å². The van der Waals surface area contributed by atoms with Crippen molar-refractivity contribution < 1.29 is 10.2 Å². The van der Waals surface area contributed by atoms with Gasteiger partial charge in [0.05, 0.1) is 24.5 Å². The molecule has 0 amide bonds. The van der Waals surface area contributed by atoms with Crippen LogP contribution in [0.5, 0.6) is 0 Å². The maximum atomic E-state index is 9.26. The van der Waals surface area contributed by atoms with Crippen LogP contribution in [0.15, 0.2) is 24.3 Å². The van der Waals surface area contributed by atoms with Gasteiger partial charge in [0.15, 0.2) is 0 Å². The van der Waals surface area contributed by atoms with Gasteiger partial charge in [0.1, 0.15) is 6.07 Å². The molecule has 0 fully saturated rings. The van der Waals surface area contributed by atoms with Gasteiger partial charge in [-0.2, -0.15) is 5.26 Å². The molecule has 0 spiro atoms. The summed E-state index contributed by atoms with van der Waals surface area (Å²) >= 11 is 0. The fraction of sp³-hybridized carbons (Fsp3) is 0.462. The summed E-state index contributed by atoms with van der Waals surface area (Å²) in [6.45, 7) is 2.10. The van der Waals surface area contributed by atoms with Crippen molar-refractivity contribution >= 4 is 5.69 Å². The third kappa shape index (κ3) is 3.19. The smallest absolute Gasteiger partial charge is 0.101 e. The van der Waals surface area contributed by atoms with E-state index in [1.807, 2.05) is 30.1 Å². The predicted octanol–water partition coefficient (Wildman–Crippen LogP) is 0.985. The zero-order chi connectivity index (χ0) is 12.9. The first-order valence-electron chi connectivity index (χ1n) is 5.48. The molecular formula is C13H18N2O2. The van der Waals surface area contributed by atoms with Crippen molar-refractivity contribution in [1.82, 2.24) is 0 Å². The van der Waals surface area contributed by atoms with Gasteiger partial charge in [-0.1, -0.05) is 19.1 Å². The molecule has 4 heteroatoms. The van der Waals surface area contributed by atoms with Gasteiger partial charge in [0.25, 0.3) is 0 Å². The minimum absolute atomic E-state index is 0.0947. The summed E-state index contributed by atoms with van der Waals surface area (Å²) < 4.78 is 0. The van der Waals surface area contributed by atoms with Crippen molar-refractivity contribution in [2.24, 2.45) is 5.41 Å². The second-order valence-corrected chi connectivity index (χ2v) is 4.61. The van der Waals surface area contributed by atoms with E-state index in [-0.39, 0.29) is 13.2 Å². The molecule has 0 saturated heterocycles. The number of hydrogen-bond donors (Lipinski definition) is 2. The largest absolute Gasteiger partial charge is 0.396 e. The van der Waals surface area contributed by atoms with E-state index in [1.165, 1.54) is 0 Å². The summed E-state index contributed by atoms with van der Waals surface area (Å²) in [5, 5.41) is 27.5. The molecule has 0 aliphatic heterocycles. The van der Waals surface area contributed by atoms with Crippen molar-refractivity contribution in [3.63, 3.8) is 0 Å². The average Bonchev–Trinajstić information content (AvgIpc) is 2.38. The molecule has 4 nitrogen and oxygen atoms in total. The minimum Gasteiger partial charge on any atom is -0.396 e. The molecule has 0 atom stereocenters. The molecule has 0 aromatic heterocycles. The fourth-order valence-corrected chi connectivity index (χ4v) is 1.71. The number of nitriles is 1. The third-order valence-corrected chi connectivity index (χ3v) is 2.82. The van der Waals surface area contributed by atoms with E-state index in [0.29, 0.717) is 12.1 Å². The number of aliphatic hydroxyl groups excluding tert-OH is 2. The molecule has 0 saturated carbocycles. The standard InChI is InChI=1S/C13H18N2O2/c1-13(9-16,10-17)8-15(2)12-6-4-3-5-11(12)7-14/h3-6,16-17H,8-10H2,1-2H3. The first-order chi connectivity index (χ1) is 8.06. The normalized spacial score (nSPS) is 11.0. The Kier molecular flexibility index (Phi) is 4.50. The number of aliphatic hydroxyl groups is 2. The van der Waals surface area contributed by atoms with E-state index < -0.39 is 5.41 Å². The summed E-state index contributed by atoms with van der Waals surface area (Å²) in [5.74, 6) is 0. The highest BCUT2D eigenvalue weighted by molar-refractivity contribution is 5.58. The molecule has 92 valence electrons. The molecule has 0 aliphatic rings. The van der Waals surface area contributed by atoms with Crippen molar-refractivity contribution in [2.45, 2.75) is 6.92 Å². The first-order valence-corrected chi connectivity index (χ1v) is 5.48. The lowest BCUT2D eigenvalue weighted by molar-refractivity contribution is 0.0762. The van der Waals surface area contributed by atoms with Crippen LogP contribution in [0, 0.1) is 16.7 Å². The molecular weight excluding hydrogens is 216 g/mol. The number of hydrogen-bond acceptors (Lipinski definition) is 4. The second-order valence-electron chi connectivity index (χ2n) is 4.61. The first kappa shape index (κ1) is 13.5. The summed E-state index contributed by atoms with van der Waals surface area (Å²) in [5.41, 5.74) is 0.827. The molecule has 0 unspecified atom stereocenters. The topological polar surface area (TPSA) is 67.5 Å². The van der Waals surface area contributed by atoms with Crippen LogP contribution in [0.1, 0.15) is 12.5 Å². The van der Waals surface area contributed by atoms with Gasteiger partial charge < -0.3 is 15.1 Å². The minimum atomic E-state index is -0.572. The van der Waals surface area contributed by atoms with Crippen molar-refractivity contribution in [1.29, 1.82) is 5.26 Å². The van der Waals surface area contributed by atoms with Crippen LogP contribution in [0.4, 0.5) is 5.69 Å². The molecule has 1 rings (SSSR count). The van der Waals surface area contributed by atoms with Gasteiger partial charge in [0.2, 0.25) is 0 Å². The number of para-hydroxylation sites is 1. The van der Waals surface area contributed by atoms with Crippen LogP contribution in [-0.2, 0) is 0 Å². The lowest BCUT2D eigenvalue weighted by Crippen LogP contribution is -2.39. The van der Waals surface area contributed by atoms with E-state index in [4.69, 9.17) is 5.26 Å². The second kappa shape index (κ2) is 5.67. The lowest BCUT2D eigenvalue weighted by Gasteiger charge is -2.32. The maximum Gasteiger partial charge on any atom is 0.101 e. The van der Waals surface area contributed by atoms with Gasteiger partial charge in [-0.05, 0) is 12.1 Å². The Balaban J connectivity index is 2.90. The summed E-state index contributed by atoms with van der Waals surface area (Å²) in [4.78, 5) is 1.88. The Morgan fingerprint density at radius 1 is 1.29 bits per heavy atom. The highest BCUT2D eigenvalue weighted by Crippen LogP contribution is 2.23. The van der Waals surface area contributed by atoms with E-state index in [9.17, 15) is 10.2 Å². The van der Waals surface area contributed by atoms with E-state index in [2.05, 4.69) is 6.07 Å². The molecule has 0 aliphatic carbocycles. The Labute approximate surface area is 102 Å². The third-order valence-electron chi connectivity index (χ3n) is 2.82. The number of rotatable bonds is 5. The lowest BCUT2D eigenvalue weighted by atomic mass is 9.92. The van der Waals surface area contributed by atoms with Crippen molar-refractivity contribution in [3.8, 4) is 6.07 Å². The molecule has 0 bridgehead atoms. The van der Waals surface area contributed by atoms with Crippen LogP contribution in [0.3, 0.4) is 0 Å². The Hall–Kier alpha value is -1.57. The van der Waals surface area contributed by atoms with Gasteiger partial charge >= 0.3 is 0 Å². The SMILES string of the molecule is CN(CC(C)(CO)CO)c1ccccc1C#N. The summed E-state index contributed by atoms with van der Waals surface area (Å²) in [6, 6.07) is 9.41. The van der Waals surface area contributed by atoms with Gasteiger partial charge in [-0.15, -0.1) is 0 Å². The van der Waals surface area contributed by atoms with Crippen LogP contribution in [-0.4, -0.2) is 37.0 Å². The number of benzene rings is 1. The Morgan fingerprint density at radius 3 is 2.41 bits per heavy atom. The number of nitrogens with zero attached hydrogens (tertiary/aromatic N) is 2. The van der Waals surface area contributed by atoms with E-state index in [1.54, 1.807) is 13.0 Å². The van der Waals surface area contributed by atoms with Gasteiger partial charge in [-0.3, -0.25) is 0 Å². The molecule has 1 aromatic carbocycles. The van der Waals surface area contributed by atoms with Crippen molar-refractivity contribution in [2.75, 3.05) is 31.7 Å². The van der Waals surface area contributed by atoms with Gasteiger partial charge in [-0.25, -0.2) is 0 Å². The monoisotopic (exact) mass is 234 g/mol. The maximum absolute atomic E-state index is 9.26. The summed E-state index contributed by atoms with van der Waals surface area (Å²) in [7, 11) is 1.85. The van der Waals surface area contributed by atoms with Crippen LogP contribution in [0.25, 0.3) is 0 Å². The molecule has 0 heterocycles. The zero-order valence-corrected chi connectivity index (χ0v) is 10.2. The van der Waals surface area contributed by atoms with Crippen molar-refractivity contribution in [3.05, 3.63) is 29.8 Å². The fourth-order valence-electron chi connectivity index (χ4n) is 1.71. The summed E-state index contributed by atoms with van der Waals surface area (Å²) in [6.07, 6.45) is 0.